The number of likely N-dealkylation sites (N-methyl/N-ethyl adjacent to an activating group) is 1. The van der Waals surface area contributed by atoms with Gasteiger partial charge in [0.15, 0.2) is 0 Å². The minimum absolute atomic E-state index is 0.00185. The Balaban J connectivity index is 4.61. The Bertz CT molecular complexity index is 402. The highest BCUT2D eigenvalue weighted by atomic mass is 32.2. The van der Waals surface area contributed by atoms with Crippen LogP contribution in [0.5, 0.6) is 0 Å². The lowest BCUT2D eigenvalue weighted by atomic mass is 10.3. The van der Waals surface area contributed by atoms with Crippen molar-refractivity contribution in [3.8, 4) is 0 Å². The second-order valence-corrected chi connectivity index (χ2v) is 5.05. The standard InChI is InChI=1S/C12H21N3O5S/c1-4-10(17)15(6-5-9(16)14-3)12(20)21-7-8(13-2)11(18)19/h8,13H,4-7H2,1-3H3,(H,14,16)(H,18,19). The number of nitrogens with zero attached hydrogens (tertiary/aromatic N) is 1. The second kappa shape index (κ2) is 10.2. The van der Waals surface area contributed by atoms with Gasteiger partial charge in [0.05, 0.1) is 0 Å². The van der Waals surface area contributed by atoms with Crippen LogP contribution in [0.1, 0.15) is 19.8 Å². The number of amides is 3. The van der Waals surface area contributed by atoms with Crippen LogP contribution in [0.15, 0.2) is 0 Å². The molecule has 0 heterocycles. The zero-order valence-electron chi connectivity index (χ0n) is 12.3. The van der Waals surface area contributed by atoms with E-state index in [1.807, 2.05) is 0 Å². The molecule has 0 spiro atoms. The first-order chi connectivity index (χ1) is 9.87. The zero-order valence-corrected chi connectivity index (χ0v) is 13.2. The number of carboxylic acids is 1. The molecule has 0 fully saturated rings. The minimum atomic E-state index is -1.07. The van der Waals surface area contributed by atoms with Gasteiger partial charge in [-0.1, -0.05) is 18.7 Å². The Morgan fingerprint density at radius 2 is 1.86 bits per heavy atom. The van der Waals surface area contributed by atoms with E-state index in [1.165, 1.54) is 14.1 Å². The molecule has 0 aromatic heterocycles. The van der Waals surface area contributed by atoms with Gasteiger partial charge in [0.1, 0.15) is 6.04 Å². The Hall–Kier alpha value is -1.61. The summed E-state index contributed by atoms with van der Waals surface area (Å²) in [6, 6.07) is -0.878. The highest BCUT2D eigenvalue weighted by Gasteiger charge is 2.24. The smallest absolute Gasteiger partial charge is 0.321 e. The van der Waals surface area contributed by atoms with Crippen molar-refractivity contribution in [2.24, 2.45) is 0 Å². The Labute approximate surface area is 127 Å². The van der Waals surface area contributed by atoms with Gasteiger partial charge in [0, 0.05) is 32.2 Å². The summed E-state index contributed by atoms with van der Waals surface area (Å²) in [4.78, 5) is 46.7. The highest BCUT2D eigenvalue weighted by Crippen LogP contribution is 2.12. The molecule has 1 atom stereocenters. The van der Waals surface area contributed by atoms with Gasteiger partial charge in [-0.15, -0.1) is 0 Å². The molecule has 0 saturated heterocycles. The lowest BCUT2D eigenvalue weighted by Crippen LogP contribution is -2.40. The van der Waals surface area contributed by atoms with Crippen LogP contribution < -0.4 is 10.6 Å². The molecule has 120 valence electrons. The molecule has 0 aromatic carbocycles. The predicted molar refractivity (Wildman–Crippen MR) is 79.0 cm³/mol. The van der Waals surface area contributed by atoms with Gasteiger partial charge < -0.3 is 15.7 Å². The van der Waals surface area contributed by atoms with Crippen molar-refractivity contribution in [1.29, 1.82) is 0 Å². The summed E-state index contributed by atoms with van der Waals surface area (Å²) in [6.07, 6.45) is 0.150. The van der Waals surface area contributed by atoms with E-state index in [4.69, 9.17) is 5.11 Å². The van der Waals surface area contributed by atoms with E-state index in [0.29, 0.717) is 0 Å². The van der Waals surface area contributed by atoms with Gasteiger partial charge >= 0.3 is 5.97 Å². The molecule has 0 bridgehead atoms. The number of carbonyl (C=O) groups is 4. The molecule has 0 radical (unpaired) electrons. The zero-order chi connectivity index (χ0) is 16.4. The summed E-state index contributed by atoms with van der Waals surface area (Å²) in [5, 5.41) is 13.3. The van der Waals surface area contributed by atoms with Crippen LogP contribution in [0.3, 0.4) is 0 Å². The van der Waals surface area contributed by atoms with E-state index in [9.17, 15) is 19.2 Å². The minimum Gasteiger partial charge on any atom is -0.480 e. The van der Waals surface area contributed by atoms with E-state index >= 15 is 0 Å². The summed E-state index contributed by atoms with van der Waals surface area (Å²) in [6.45, 7) is 1.59. The maximum absolute atomic E-state index is 12.0. The normalized spacial score (nSPS) is 11.6. The molecular weight excluding hydrogens is 298 g/mol. The van der Waals surface area contributed by atoms with Crippen LogP contribution in [0.2, 0.25) is 0 Å². The van der Waals surface area contributed by atoms with Gasteiger partial charge in [0.2, 0.25) is 11.8 Å². The van der Waals surface area contributed by atoms with Crippen molar-refractivity contribution in [3.05, 3.63) is 0 Å². The largest absolute Gasteiger partial charge is 0.480 e. The van der Waals surface area contributed by atoms with Crippen molar-refractivity contribution in [3.63, 3.8) is 0 Å². The fraction of sp³-hybridized carbons (Fsp3) is 0.667. The summed E-state index contributed by atoms with van der Waals surface area (Å²) in [5.74, 6) is -1.75. The van der Waals surface area contributed by atoms with Gasteiger partial charge in [-0.2, -0.15) is 0 Å². The molecule has 0 rings (SSSR count). The summed E-state index contributed by atoms with van der Waals surface area (Å²) < 4.78 is 0. The molecule has 8 nitrogen and oxygen atoms in total. The van der Waals surface area contributed by atoms with Gasteiger partial charge in [0.25, 0.3) is 5.24 Å². The quantitative estimate of drug-likeness (QED) is 0.571. The van der Waals surface area contributed by atoms with Crippen LogP contribution in [0.25, 0.3) is 0 Å². The average Bonchev–Trinajstić information content (AvgIpc) is 2.46. The highest BCUT2D eigenvalue weighted by molar-refractivity contribution is 8.13. The molecule has 3 amide bonds. The molecular formula is C12H21N3O5S. The van der Waals surface area contributed by atoms with Crippen molar-refractivity contribution >= 4 is 34.8 Å². The maximum atomic E-state index is 12.0. The van der Waals surface area contributed by atoms with Gasteiger partial charge in [-0.05, 0) is 7.05 Å². The molecule has 0 saturated carbocycles. The van der Waals surface area contributed by atoms with Crippen molar-refractivity contribution in [1.82, 2.24) is 15.5 Å². The number of thioether (sulfide) groups is 1. The number of hydrogen-bond donors (Lipinski definition) is 3. The molecule has 1 unspecified atom stereocenters. The average molecular weight is 319 g/mol. The van der Waals surface area contributed by atoms with E-state index in [-0.39, 0.29) is 31.0 Å². The molecule has 0 aromatic rings. The summed E-state index contributed by atoms with van der Waals surface area (Å²) in [7, 11) is 2.94. The van der Waals surface area contributed by atoms with Crippen molar-refractivity contribution < 1.29 is 24.3 Å². The summed E-state index contributed by atoms with van der Waals surface area (Å²) >= 11 is 0.740. The Morgan fingerprint density at radius 3 is 2.29 bits per heavy atom. The number of carboxylic acid groups (broad SMARTS) is 1. The fourth-order valence-corrected chi connectivity index (χ4v) is 2.33. The fourth-order valence-electron chi connectivity index (χ4n) is 1.36. The van der Waals surface area contributed by atoms with Crippen molar-refractivity contribution in [2.75, 3.05) is 26.4 Å². The SMILES string of the molecule is CCC(=O)N(CCC(=O)NC)C(=O)SCC(NC)C(=O)O. The molecule has 9 heteroatoms. The van der Waals surface area contributed by atoms with Crippen LogP contribution in [0, 0.1) is 0 Å². The van der Waals surface area contributed by atoms with Crippen LogP contribution >= 0.6 is 11.8 Å². The van der Waals surface area contributed by atoms with E-state index in [0.717, 1.165) is 16.7 Å². The van der Waals surface area contributed by atoms with Crippen LogP contribution in [-0.4, -0.2) is 65.5 Å². The van der Waals surface area contributed by atoms with E-state index < -0.39 is 23.2 Å². The summed E-state index contributed by atoms with van der Waals surface area (Å²) in [5.41, 5.74) is 0. The third kappa shape index (κ3) is 7.09. The number of rotatable bonds is 8. The number of hydrogen-bond acceptors (Lipinski definition) is 6. The Morgan fingerprint density at radius 1 is 1.24 bits per heavy atom. The molecule has 21 heavy (non-hydrogen) atoms. The van der Waals surface area contributed by atoms with Crippen LogP contribution in [0.4, 0.5) is 4.79 Å². The van der Waals surface area contributed by atoms with Gasteiger partial charge in [-0.25, -0.2) is 0 Å². The third-order valence-corrected chi connectivity index (χ3v) is 3.65. The van der Waals surface area contributed by atoms with Crippen LogP contribution in [-0.2, 0) is 14.4 Å². The molecule has 3 N–H and O–H groups in total. The van der Waals surface area contributed by atoms with Crippen molar-refractivity contribution in [2.45, 2.75) is 25.8 Å². The number of aliphatic carboxylic acids is 1. The first-order valence-corrected chi connectivity index (χ1v) is 7.43. The topological polar surface area (TPSA) is 116 Å². The number of imide groups is 1. The third-order valence-electron chi connectivity index (χ3n) is 2.69. The second-order valence-electron chi connectivity index (χ2n) is 4.08. The van der Waals surface area contributed by atoms with E-state index in [2.05, 4.69) is 10.6 Å². The molecule has 0 aliphatic heterocycles. The molecule has 0 aliphatic carbocycles. The predicted octanol–water partition coefficient (Wildman–Crippen LogP) is -0.113. The Kier molecular flexibility index (Phi) is 9.39. The van der Waals surface area contributed by atoms with Gasteiger partial charge in [-0.3, -0.25) is 24.1 Å². The lowest BCUT2D eigenvalue weighted by molar-refractivity contribution is -0.138. The first kappa shape index (κ1) is 19.4. The monoisotopic (exact) mass is 319 g/mol. The first-order valence-electron chi connectivity index (χ1n) is 6.45. The number of nitrogens with one attached hydrogen (secondary N) is 2. The van der Waals surface area contributed by atoms with E-state index in [1.54, 1.807) is 6.92 Å². The number of carbonyl (C=O) groups excluding carboxylic acids is 3. The molecule has 0 aliphatic rings. The maximum Gasteiger partial charge on any atom is 0.321 e. The lowest BCUT2D eigenvalue weighted by Gasteiger charge is -2.20.